The number of benzene rings is 1. The summed E-state index contributed by atoms with van der Waals surface area (Å²) >= 11 is 3.02. The molecule has 1 aromatic rings. The Morgan fingerprint density at radius 1 is 1.32 bits per heavy atom. The fourth-order valence-electron chi connectivity index (χ4n) is 1.27. The number of hydrogen-bond acceptors (Lipinski definition) is 5. The van der Waals surface area contributed by atoms with E-state index in [9.17, 15) is 4.79 Å². The van der Waals surface area contributed by atoms with Gasteiger partial charge in [-0.1, -0.05) is 18.2 Å². The largest absolute Gasteiger partial charge is 0.394 e. The lowest BCUT2D eigenvalue weighted by Crippen LogP contribution is -2.28. The Hall–Kier alpha value is -0.690. The normalized spacial score (nSPS) is 12.1. The molecule has 0 saturated heterocycles. The molecule has 1 amide bonds. The zero-order chi connectivity index (χ0) is 13.9. The van der Waals surface area contributed by atoms with Crippen LogP contribution in [0.4, 0.5) is 0 Å². The number of nitrogens with one attached hydrogen (secondary N) is 1. The summed E-state index contributed by atoms with van der Waals surface area (Å²) in [6.07, 6.45) is -0.744. The van der Waals surface area contributed by atoms with E-state index in [1.807, 2.05) is 30.3 Å². The third-order valence-corrected chi connectivity index (χ3v) is 4.29. The highest BCUT2D eigenvalue weighted by Gasteiger charge is 2.05. The van der Waals surface area contributed by atoms with Crippen molar-refractivity contribution >= 4 is 29.4 Å². The minimum absolute atomic E-state index is 0.0381. The Bertz CT molecular complexity index is 362. The zero-order valence-corrected chi connectivity index (χ0v) is 12.3. The molecule has 0 aliphatic heterocycles. The number of carbonyl (C=O) groups excluding carboxylic acids is 1. The van der Waals surface area contributed by atoms with Crippen molar-refractivity contribution in [2.75, 3.05) is 30.4 Å². The maximum Gasteiger partial charge on any atom is 0.230 e. The summed E-state index contributed by atoms with van der Waals surface area (Å²) in [7, 11) is 0. The smallest absolute Gasteiger partial charge is 0.230 e. The van der Waals surface area contributed by atoms with E-state index in [0.717, 1.165) is 5.75 Å². The van der Waals surface area contributed by atoms with Crippen LogP contribution in [0.15, 0.2) is 35.2 Å². The summed E-state index contributed by atoms with van der Waals surface area (Å²) in [6.45, 7) is 0.365. The van der Waals surface area contributed by atoms with Gasteiger partial charge in [-0.15, -0.1) is 23.5 Å². The second-order valence-electron chi connectivity index (χ2n) is 3.86. The summed E-state index contributed by atoms with van der Waals surface area (Å²) < 4.78 is 0. The molecule has 0 aliphatic carbocycles. The van der Waals surface area contributed by atoms with Gasteiger partial charge in [0, 0.05) is 22.9 Å². The van der Waals surface area contributed by atoms with Crippen molar-refractivity contribution in [1.82, 2.24) is 5.32 Å². The van der Waals surface area contributed by atoms with E-state index < -0.39 is 6.10 Å². The molecule has 4 nitrogen and oxygen atoms in total. The molecule has 0 heterocycles. The van der Waals surface area contributed by atoms with Gasteiger partial charge in [-0.05, 0) is 12.1 Å². The Kier molecular flexibility index (Phi) is 8.73. The maximum atomic E-state index is 11.4. The topological polar surface area (TPSA) is 69.6 Å². The molecule has 0 aromatic heterocycles. The fraction of sp³-hybridized carbons (Fsp3) is 0.462. The summed E-state index contributed by atoms with van der Waals surface area (Å²) in [4.78, 5) is 12.6. The highest BCUT2D eigenvalue weighted by atomic mass is 32.2. The lowest BCUT2D eigenvalue weighted by molar-refractivity contribution is -0.118. The maximum absolute atomic E-state index is 11.4. The van der Waals surface area contributed by atoms with E-state index in [4.69, 9.17) is 10.2 Å². The Morgan fingerprint density at radius 2 is 2.05 bits per heavy atom. The van der Waals surface area contributed by atoms with Crippen LogP contribution in [0.2, 0.25) is 0 Å². The van der Waals surface area contributed by atoms with Crippen LogP contribution in [-0.2, 0) is 4.79 Å². The van der Waals surface area contributed by atoms with E-state index in [1.165, 1.54) is 16.7 Å². The first kappa shape index (κ1) is 16.4. The van der Waals surface area contributed by atoms with Gasteiger partial charge in [0.25, 0.3) is 0 Å². The highest BCUT2D eigenvalue weighted by molar-refractivity contribution is 8.00. The molecule has 0 saturated carbocycles. The zero-order valence-electron chi connectivity index (χ0n) is 10.6. The van der Waals surface area contributed by atoms with Gasteiger partial charge >= 0.3 is 0 Å². The first-order valence-electron chi connectivity index (χ1n) is 6.03. The number of thioether (sulfide) groups is 2. The third kappa shape index (κ3) is 8.15. The molecule has 0 aliphatic rings. The van der Waals surface area contributed by atoms with Crippen LogP contribution in [0.1, 0.15) is 0 Å². The van der Waals surface area contributed by atoms with Gasteiger partial charge in [-0.3, -0.25) is 4.79 Å². The molecule has 1 aromatic carbocycles. The minimum Gasteiger partial charge on any atom is -0.394 e. The second kappa shape index (κ2) is 10.1. The highest BCUT2D eigenvalue weighted by Crippen LogP contribution is 2.15. The van der Waals surface area contributed by atoms with E-state index in [2.05, 4.69) is 5.32 Å². The number of amides is 1. The van der Waals surface area contributed by atoms with Crippen LogP contribution >= 0.6 is 23.5 Å². The molecule has 3 N–H and O–H groups in total. The average Bonchev–Trinajstić information content (AvgIpc) is 2.44. The minimum atomic E-state index is -0.744. The molecule has 6 heteroatoms. The quantitative estimate of drug-likeness (QED) is 0.468. The molecule has 1 rings (SSSR count). The number of aliphatic hydroxyl groups is 2. The van der Waals surface area contributed by atoms with Gasteiger partial charge in [0.1, 0.15) is 0 Å². The number of hydrogen-bond donors (Lipinski definition) is 3. The van der Waals surface area contributed by atoms with Crippen molar-refractivity contribution in [3.8, 4) is 0 Å². The van der Waals surface area contributed by atoms with Gasteiger partial charge in [0.15, 0.2) is 0 Å². The molecular weight excluding hydrogens is 282 g/mol. The Balaban J connectivity index is 2.01. The summed E-state index contributed by atoms with van der Waals surface area (Å²) in [5.74, 6) is 1.49. The van der Waals surface area contributed by atoms with Crippen LogP contribution in [0, 0.1) is 0 Å². The number of carbonyl (C=O) groups is 1. The summed E-state index contributed by atoms with van der Waals surface area (Å²) in [6, 6.07) is 10.0. The van der Waals surface area contributed by atoms with E-state index in [1.54, 1.807) is 11.8 Å². The lowest BCUT2D eigenvalue weighted by atomic mass is 10.4. The lowest BCUT2D eigenvalue weighted by Gasteiger charge is -2.07. The predicted octanol–water partition coefficient (Wildman–Crippen LogP) is 0.981. The summed E-state index contributed by atoms with van der Waals surface area (Å²) in [5, 5.41) is 20.5. The first-order valence-corrected chi connectivity index (χ1v) is 8.17. The van der Waals surface area contributed by atoms with Crippen LogP contribution in [0.5, 0.6) is 0 Å². The third-order valence-electron chi connectivity index (χ3n) is 2.19. The molecule has 1 unspecified atom stereocenters. The molecular formula is C13H19NO3S2. The van der Waals surface area contributed by atoms with Gasteiger partial charge in [0.05, 0.1) is 18.5 Å². The van der Waals surface area contributed by atoms with Crippen molar-refractivity contribution in [1.29, 1.82) is 0 Å². The average molecular weight is 301 g/mol. The van der Waals surface area contributed by atoms with Crippen LogP contribution in [0.3, 0.4) is 0 Å². The van der Waals surface area contributed by atoms with Crippen molar-refractivity contribution < 1.29 is 15.0 Å². The van der Waals surface area contributed by atoms with Gasteiger partial charge in [-0.25, -0.2) is 0 Å². The van der Waals surface area contributed by atoms with Gasteiger partial charge in [-0.2, -0.15) is 0 Å². The van der Waals surface area contributed by atoms with Crippen LogP contribution in [-0.4, -0.2) is 52.6 Å². The van der Waals surface area contributed by atoms with Crippen molar-refractivity contribution in [3.63, 3.8) is 0 Å². The SMILES string of the molecule is O=C(CSCC(O)CO)NCCSc1ccccc1. The van der Waals surface area contributed by atoms with Crippen LogP contribution in [0.25, 0.3) is 0 Å². The van der Waals surface area contributed by atoms with E-state index in [0.29, 0.717) is 18.1 Å². The Morgan fingerprint density at radius 3 is 2.74 bits per heavy atom. The van der Waals surface area contributed by atoms with E-state index in [-0.39, 0.29) is 12.5 Å². The molecule has 1 atom stereocenters. The number of aliphatic hydroxyl groups excluding tert-OH is 2. The molecule has 106 valence electrons. The van der Waals surface area contributed by atoms with Gasteiger partial charge < -0.3 is 15.5 Å². The molecule has 19 heavy (non-hydrogen) atoms. The molecule has 0 spiro atoms. The van der Waals surface area contributed by atoms with Crippen molar-refractivity contribution in [2.45, 2.75) is 11.0 Å². The monoisotopic (exact) mass is 301 g/mol. The number of rotatable bonds is 9. The Labute approximate surface area is 122 Å². The fourth-order valence-corrected chi connectivity index (χ4v) is 2.84. The molecule has 0 fully saturated rings. The molecule has 0 radical (unpaired) electrons. The van der Waals surface area contributed by atoms with Crippen molar-refractivity contribution in [3.05, 3.63) is 30.3 Å². The standard InChI is InChI=1S/C13H19NO3S2/c15-8-11(16)9-18-10-13(17)14-6-7-19-12-4-2-1-3-5-12/h1-5,11,15-16H,6-10H2,(H,14,17). The second-order valence-corrected chi connectivity index (χ2v) is 6.06. The van der Waals surface area contributed by atoms with Crippen LogP contribution < -0.4 is 5.32 Å². The van der Waals surface area contributed by atoms with Gasteiger partial charge in [0.2, 0.25) is 5.91 Å². The summed E-state index contributed by atoms with van der Waals surface area (Å²) in [5.41, 5.74) is 0. The molecule has 0 bridgehead atoms. The van der Waals surface area contributed by atoms with Crippen molar-refractivity contribution in [2.24, 2.45) is 0 Å². The predicted molar refractivity (Wildman–Crippen MR) is 80.6 cm³/mol. The first-order chi connectivity index (χ1) is 9.22. The van der Waals surface area contributed by atoms with E-state index >= 15 is 0 Å².